The molecule has 2 N–H and O–H groups in total. The lowest BCUT2D eigenvalue weighted by atomic mass is 9.77. The highest BCUT2D eigenvalue weighted by Gasteiger charge is 2.38. The van der Waals surface area contributed by atoms with Crippen molar-refractivity contribution in [2.24, 2.45) is 10.4 Å². The number of amides is 1. The Hall–Kier alpha value is -4.78. The number of carbonyl (C=O) groups is 2. The number of carboxylic acid groups (broad SMARTS) is 1. The van der Waals surface area contributed by atoms with Crippen molar-refractivity contribution in [3.05, 3.63) is 166 Å². The average molecular weight is 623 g/mol. The van der Waals surface area contributed by atoms with E-state index in [4.69, 9.17) is 28.2 Å². The quantitative estimate of drug-likeness (QED) is 0.145. The number of pyridine rings is 1. The van der Waals surface area contributed by atoms with Gasteiger partial charge in [0.25, 0.3) is 5.91 Å². The molecule has 0 aliphatic heterocycles. The average Bonchev–Trinajstić information content (AvgIpc) is 3.05. The summed E-state index contributed by atoms with van der Waals surface area (Å²) in [7, 11) is 0. The van der Waals surface area contributed by atoms with E-state index in [9.17, 15) is 14.7 Å². The molecule has 4 aromatic carbocycles. The second-order valence-electron chi connectivity index (χ2n) is 10.4. The summed E-state index contributed by atoms with van der Waals surface area (Å²) in [6.07, 6.45) is 3.45. The number of carboxylic acids is 1. The maximum absolute atomic E-state index is 13.2. The van der Waals surface area contributed by atoms with Crippen molar-refractivity contribution >= 4 is 47.0 Å². The zero-order valence-corrected chi connectivity index (χ0v) is 25.1. The van der Waals surface area contributed by atoms with Crippen molar-refractivity contribution in [3.63, 3.8) is 0 Å². The standard InChI is InChI=1S/C36H29Cl2N3O3/c37-28-17-13-25(14-18-28)22-36(35(43)44,23-26-15-19-29(38)20-16-26)24-40-33(27-8-2-1-3-9-27)30-10-4-5-11-31(30)41-34(42)32-12-6-7-21-39-32/h1-21,24,33H,22-23H2,(H,41,42)(H,43,44). The molecule has 220 valence electrons. The highest BCUT2D eigenvalue weighted by Crippen LogP contribution is 2.35. The van der Waals surface area contributed by atoms with Crippen LogP contribution in [0.15, 0.2) is 133 Å². The molecular formula is C36H29Cl2N3O3. The number of benzene rings is 4. The molecule has 0 aliphatic rings. The molecule has 44 heavy (non-hydrogen) atoms. The van der Waals surface area contributed by atoms with Gasteiger partial charge in [0.15, 0.2) is 0 Å². The van der Waals surface area contributed by atoms with Crippen molar-refractivity contribution in [1.29, 1.82) is 0 Å². The Morgan fingerprint density at radius 3 is 1.91 bits per heavy atom. The molecule has 1 atom stereocenters. The third kappa shape index (κ3) is 7.59. The van der Waals surface area contributed by atoms with Crippen molar-refractivity contribution in [2.45, 2.75) is 18.9 Å². The summed E-state index contributed by atoms with van der Waals surface area (Å²) >= 11 is 12.3. The van der Waals surface area contributed by atoms with E-state index in [2.05, 4.69) is 10.3 Å². The van der Waals surface area contributed by atoms with Crippen LogP contribution < -0.4 is 5.32 Å². The lowest BCUT2D eigenvalue weighted by molar-refractivity contribution is -0.144. The van der Waals surface area contributed by atoms with Gasteiger partial charge in [0.2, 0.25) is 0 Å². The summed E-state index contributed by atoms with van der Waals surface area (Å²) in [6, 6.07) is 35.7. The van der Waals surface area contributed by atoms with Gasteiger partial charge in [-0.15, -0.1) is 0 Å². The van der Waals surface area contributed by atoms with Crippen LogP contribution in [0.25, 0.3) is 0 Å². The van der Waals surface area contributed by atoms with Gasteiger partial charge in [0, 0.05) is 33.7 Å². The molecule has 0 saturated heterocycles. The lowest BCUT2D eigenvalue weighted by Crippen LogP contribution is -2.37. The summed E-state index contributed by atoms with van der Waals surface area (Å²) in [6.45, 7) is 0. The fourth-order valence-electron chi connectivity index (χ4n) is 5.02. The number of rotatable bonds is 11. The number of hydrogen-bond acceptors (Lipinski definition) is 4. The van der Waals surface area contributed by atoms with Gasteiger partial charge in [-0.05, 0) is 72.0 Å². The maximum atomic E-state index is 13.2. The monoisotopic (exact) mass is 621 g/mol. The minimum Gasteiger partial charge on any atom is -0.481 e. The summed E-state index contributed by atoms with van der Waals surface area (Å²) in [5.41, 5.74) is 2.55. The van der Waals surface area contributed by atoms with Crippen molar-refractivity contribution in [3.8, 4) is 0 Å². The second-order valence-corrected chi connectivity index (χ2v) is 11.3. The number of aromatic nitrogens is 1. The number of hydrogen-bond donors (Lipinski definition) is 2. The van der Waals surface area contributed by atoms with E-state index in [1.165, 1.54) is 0 Å². The molecule has 5 rings (SSSR count). The van der Waals surface area contributed by atoms with Gasteiger partial charge in [-0.1, -0.05) is 102 Å². The fourth-order valence-corrected chi connectivity index (χ4v) is 5.28. The van der Waals surface area contributed by atoms with Gasteiger partial charge in [-0.25, -0.2) is 0 Å². The first-order chi connectivity index (χ1) is 21.3. The summed E-state index contributed by atoms with van der Waals surface area (Å²) in [5, 5.41) is 14.9. The third-order valence-corrected chi connectivity index (χ3v) is 7.78. The van der Waals surface area contributed by atoms with Gasteiger partial charge < -0.3 is 10.4 Å². The zero-order chi connectivity index (χ0) is 30.9. The molecule has 0 fully saturated rings. The number of carbonyl (C=O) groups excluding carboxylic acids is 1. The van der Waals surface area contributed by atoms with E-state index in [0.29, 0.717) is 21.3 Å². The highest BCUT2D eigenvalue weighted by atomic mass is 35.5. The van der Waals surface area contributed by atoms with Crippen LogP contribution in [0.1, 0.15) is 38.8 Å². The molecule has 5 aromatic rings. The Balaban J connectivity index is 1.59. The Morgan fingerprint density at radius 2 is 1.34 bits per heavy atom. The predicted octanol–water partition coefficient (Wildman–Crippen LogP) is 8.36. The van der Waals surface area contributed by atoms with E-state index in [-0.39, 0.29) is 24.4 Å². The Bertz CT molecular complexity index is 1700. The third-order valence-electron chi connectivity index (χ3n) is 7.28. The minimum absolute atomic E-state index is 0.172. The van der Waals surface area contributed by atoms with E-state index >= 15 is 0 Å². The number of halogens is 2. The lowest BCUT2D eigenvalue weighted by Gasteiger charge is -2.27. The van der Waals surface area contributed by atoms with E-state index < -0.39 is 17.4 Å². The highest BCUT2D eigenvalue weighted by molar-refractivity contribution is 6.30. The van der Waals surface area contributed by atoms with Crippen LogP contribution >= 0.6 is 23.2 Å². The van der Waals surface area contributed by atoms with Crippen molar-refractivity contribution < 1.29 is 14.7 Å². The zero-order valence-electron chi connectivity index (χ0n) is 23.6. The Labute approximate surface area is 266 Å². The largest absolute Gasteiger partial charge is 0.481 e. The topological polar surface area (TPSA) is 91.7 Å². The molecule has 0 radical (unpaired) electrons. The van der Waals surface area contributed by atoms with Crippen LogP contribution in [-0.4, -0.2) is 28.2 Å². The first-order valence-electron chi connectivity index (χ1n) is 14.0. The number of aliphatic carboxylic acids is 1. The summed E-state index contributed by atoms with van der Waals surface area (Å²) in [5.74, 6) is -1.38. The molecule has 1 heterocycles. The molecule has 6 nitrogen and oxygen atoms in total. The van der Waals surface area contributed by atoms with Gasteiger partial charge in [0.1, 0.15) is 17.2 Å². The normalized spacial score (nSPS) is 12.1. The molecule has 8 heteroatoms. The van der Waals surface area contributed by atoms with E-state index in [0.717, 1.165) is 16.7 Å². The predicted molar refractivity (Wildman–Crippen MR) is 176 cm³/mol. The fraction of sp³-hybridized carbons (Fsp3) is 0.111. The van der Waals surface area contributed by atoms with E-state index in [1.807, 2.05) is 72.8 Å². The van der Waals surface area contributed by atoms with Gasteiger partial charge in [-0.3, -0.25) is 19.6 Å². The van der Waals surface area contributed by atoms with Crippen LogP contribution in [0.3, 0.4) is 0 Å². The van der Waals surface area contributed by atoms with Crippen LogP contribution in [0.4, 0.5) is 5.69 Å². The molecule has 1 amide bonds. The summed E-state index contributed by atoms with van der Waals surface area (Å²) in [4.78, 5) is 35.5. The minimum atomic E-state index is -1.42. The molecular weight excluding hydrogens is 593 g/mol. The molecule has 0 aliphatic carbocycles. The Kier molecular flexibility index (Phi) is 9.85. The number of nitrogens with one attached hydrogen (secondary N) is 1. The smallest absolute Gasteiger partial charge is 0.315 e. The first kappa shape index (κ1) is 30.7. The molecule has 1 unspecified atom stereocenters. The SMILES string of the molecule is O=C(Nc1ccccc1C(N=CC(Cc1ccc(Cl)cc1)(Cc1ccc(Cl)cc1)C(=O)O)c1ccccc1)c1ccccn1. The number of anilines is 1. The van der Waals surface area contributed by atoms with Gasteiger partial charge in [0.05, 0.1) is 0 Å². The van der Waals surface area contributed by atoms with Crippen molar-refractivity contribution in [2.75, 3.05) is 5.32 Å². The number of para-hydroxylation sites is 1. The van der Waals surface area contributed by atoms with Crippen LogP contribution in [0.2, 0.25) is 10.0 Å². The molecule has 1 aromatic heterocycles. The maximum Gasteiger partial charge on any atom is 0.315 e. The van der Waals surface area contributed by atoms with Crippen molar-refractivity contribution in [1.82, 2.24) is 4.98 Å². The number of aliphatic imine (C=N–C) groups is 1. The summed E-state index contributed by atoms with van der Waals surface area (Å²) < 4.78 is 0. The van der Waals surface area contributed by atoms with Gasteiger partial charge >= 0.3 is 5.97 Å². The molecule has 0 bridgehead atoms. The molecule has 0 spiro atoms. The van der Waals surface area contributed by atoms with Crippen LogP contribution in [0.5, 0.6) is 0 Å². The van der Waals surface area contributed by atoms with Crippen LogP contribution in [-0.2, 0) is 17.6 Å². The van der Waals surface area contributed by atoms with E-state index in [1.54, 1.807) is 60.9 Å². The molecule has 0 saturated carbocycles. The first-order valence-corrected chi connectivity index (χ1v) is 14.7. The Morgan fingerprint density at radius 1 is 0.773 bits per heavy atom. The van der Waals surface area contributed by atoms with Gasteiger partial charge in [-0.2, -0.15) is 0 Å². The van der Waals surface area contributed by atoms with Crippen LogP contribution in [0, 0.1) is 5.41 Å². The second kappa shape index (κ2) is 14.1. The number of nitrogens with zero attached hydrogens (tertiary/aromatic N) is 2.